The van der Waals surface area contributed by atoms with E-state index in [2.05, 4.69) is 114 Å². The molecule has 8 aromatic rings. The predicted octanol–water partition coefficient (Wildman–Crippen LogP) is 10.7. The molecule has 0 N–H and O–H groups in total. The van der Waals surface area contributed by atoms with E-state index in [0.717, 1.165) is 27.9 Å². The highest BCUT2D eigenvalue weighted by Crippen LogP contribution is 2.43. The molecule has 0 unspecified atom stereocenters. The number of aromatic nitrogens is 1. The summed E-state index contributed by atoms with van der Waals surface area (Å²) in [4.78, 5) is 8.81. The van der Waals surface area contributed by atoms with Crippen molar-refractivity contribution in [3.8, 4) is 22.4 Å². The molecule has 7 aromatic carbocycles. The van der Waals surface area contributed by atoms with Crippen LogP contribution in [0.2, 0.25) is 0 Å². The third-order valence-electron chi connectivity index (χ3n) is 8.02. The van der Waals surface area contributed by atoms with E-state index in [9.17, 15) is 0 Å². The number of nitrogens with zero attached hydrogens (tertiary/aromatic N) is 2. The molecule has 0 radical (unpaired) electrons. The van der Waals surface area contributed by atoms with E-state index < -0.39 is 0 Å². The molecule has 2 heteroatoms. The third-order valence-corrected chi connectivity index (χ3v) is 8.02. The van der Waals surface area contributed by atoms with E-state index in [4.69, 9.17) is 11.6 Å². The summed E-state index contributed by atoms with van der Waals surface area (Å²) >= 11 is 0. The van der Waals surface area contributed by atoms with Gasteiger partial charge < -0.3 is 0 Å². The lowest BCUT2D eigenvalue weighted by Gasteiger charge is -2.16. The van der Waals surface area contributed by atoms with Gasteiger partial charge in [0.05, 0.1) is 17.8 Å². The maximum Gasteiger partial charge on any atom is 0.187 e. The molecule has 2 nitrogen and oxygen atoms in total. The van der Waals surface area contributed by atoms with Gasteiger partial charge in [0.25, 0.3) is 0 Å². The zero-order valence-electron chi connectivity index (χ0n) is 21.6. The molecule has 0 saturated heterocycles. The molecule has 40 heavy (non-hydrogen) atoms. The van der Waals surface area contributed by atoms with E-state index in [1.165, 1.54) is 48.5 Å². The summed E-state index contributed by atoms with van der Waals surface area (Å²) in [6.45, 7) is 7.22. The Morgan fingerprint density at radius 3 is 1.65 bits per heavy atom. The Labute approximate surface area is 231 Å². The number of para-hydroxylation sites is 1. The average Bonchev–Trinajstić information content (AvgIpc) is 3.03. The maximum atomic E-state index is 7.22. The lowest BCUT2D eigenvalue weighted by atomic mass is 9.89. The van der Waals surface area contributed by atoms with Gasteiger partial charge in [-0.3, -0.25) is 0 Å². The Morgan fingerprint density at radius 1 is 0.450 bits per heavy atom. The van der Waals surface area contributed by atoms with Crippen LogP contribution < -0.4 is 0 Å². The van der Waals surface area contributed by atoms with Crippen molar-refractivity contribution < 1.29 is 0 Å². The Balaban J connectivity index is 1.41. The molecule has 0 bridgehead atoms. The molecule has 0 aliphatic rings. The lowest BCUT2D eigenvalue weighted by Crippen LogP contribution is -1.93. The zero-order valence-corrected chi connectivity index (χ0v) is 21.6. The first kappa shape index (κ1) is 22.5. The van der Waals surface area contributed by atoms with Crippen LogP contribution in [-0.2, 0) is 0 Å². The summed E-state index contributed by atoms with van der Waals surface area (Å²) < 4.78 is 0. The summed E-state index contributed by atoms with van der Waals surface area (Å²) in [6.07, 6.45) is 0. The average molecular weight is 507 g/mol. The summed E-state index contributed by atoms with van der Waals surface area (Å²) in [5.41, 5.74) is 6.03. The van der Waals surface area contributed by atoms with Crippen molar-refractivity contribution in [3.63, 3.8) is 0 Å². The van der Waals surface area contributed by atoms with Crippen molar-refractivity contribution >= 4 is 59.7 Å². The summed E-state index contributed by atoms with van der Waals surface area (Å²) in [6, 6.07) is 47.0. The number of benzene rings is 7. The SMILES string of the molecule is [C-]#[N+]c1ccc(-c2ccc3cc(-c4nc5ccccc5c5c6ccccc6c6ccccc6c45)ccc3c2)cc1. The normalized spacial score (nSPS) is 11.5. The zero-order chi connectivity index (χ0) is 26.6. The van der Waals surface area contributed by atoms with Crippen LogP contribution in [0.25, 0.3) is 81.2 Å². The Bertz CT molecular complexity index is 2320. The molecule has 0 saturated carbocycles. The molecule has 0 atom stereocenters. The fourth-order valence-electron chi connectivity index (χ4n) is 6.14. The maximum absolute atomic E-state index is 7.22. The molecule has 0 aliphatic heterocycles. The number of rotatable bonds is 2. The molecule has 0 aliphatic carbocycles. The summed E-state index contributed by atoms with van der Waals surface area (Å²) in [5.74, 6) is 0. The lowest BCUT2D eigenvalue weighted by molar-refractivity contribution is 1.44. The van der Waals surface area contributed by atoms with Gasteiger partial charge in [0.2, 0.25) is 0 Å². The molecular formula is C38H22N2. The molecule has 1 aromatic heterocycles. The van der Waals surface area contributed by atoms with Crippen molar-refractivity contribution in [3.05, 3.63) is 145 Å². The first-order valence-electron chi connectivity index (χ1n) is 13.4. The number of hydrogen-bond acceptors (Lipinski definition) is 1. The first-order valence-corrected chi connectivity index (χ1v) is 13.4. The van der Waals surface area contributed by atoms with Gasteiger partial charge in [-0.05, 0) is 61.6 Å². The van der Waals surface area contributed by atoms with Gasteiger partial charge in [-0.15, -0.1) is 0 Å². The first-order chi connectivity index (χ1) is 19.8. The highest BCUT2D eigenvalue weighted by Gasteiger charge is 2.17. The molecule has 8 rings (SSSR count). The Hall–Kier alpha value is -5.52. The van der Waals surface area contributed by atoms with Crippen LogP contribution in [0.5, 0.6) is 0 Å². The second-order valence-electron chi connectivity index (χ2n) is 10.3. The third kappa shape index (κ3) is 3.39. The summed E-state index contributed by atoms with van der Waals surface area (Å²) in [5, 5.41) is 11.0. The largest absolute Gasteiger partial charge is 0.247 e. The molecule has 1 heterocycles. The Morgan fingerprint density at radius 2 is 0.975 bits per heavy atom. The van der Waals surface area contributed by atoms with Gasteiger partial charge in [-0.2, -0.15) is 0 Å². The highest BCUT2D eigenvalue weighted by atomic mass is 14.7. The van der Waals surface area contributed by atoms with Crippen LogP contribution in [0.3, 0.4) is 0 Å². The number of fused-ring (bicyclic) bond motifs is 9. The molecular weight excluding hydrogens is 484 g/mol. The predicted molar refractivity (Wildman–Crippen MR) is 169 cm³/mol. The number of hydrogen-bond donors (Lipinski definition) is 0. The molecule has 0 amide bonds. The van der Waals surface area contributed by atoms with E-state index in [-0.39, 0.29) is 0 Å². The molecule has 0 spiro atoms. The van der Waals surface area contributed by atoms with Crippen molar-refractivity contribution in [2.45, 2.75) is 0 Å². The standard InChI is InChI=1S/C38H22N2/c1-39-29-20-18-24(19-21-29)25-14-15-27-23-28(17-16-26(27)22-25)38-37-33-11-5-3-9-31(33)30-8-2-4-10-32(30)36(37)34-12-6-7-13-35(34)40-38/h2-23H. The van der Waals surface area contributed by atoms with Crippen LogP contribution in [0.1, 0.15) is 0 Å². The van der Waals surface area contributed by atoms with E-state index in [0.29, 0.717) is 5.69 Å². The monoisotopic (exact) mass is 506 g/mol. The van der Waals surface area contributed by atoms with Crippen LogP contribution in [0, 0.1) is 6.57 Å². The van der Waals surface area contributed by atoms with E-state index >= 15 is 0 Å². The van der Waals surface area contributed by atoms with Gasteiger partial charge in [-0.25, -0.2) is 9.83 Å². The van der Waals surface area contributed by atoms with Crippen LogP contribution >= 0.6 is 0 Å². The number of pyridine rings is 1. The van der Waals surface area contributed by atoms with Crippen LogP contribution in [-0.4, -0.2) is 4.98 Å². The second-order valence-corrected chi connectivity index (χ2v) is 10.3. The topological polar surface area (TPSA) is 17.2 Å². The van der Waals surface area contributed by atoms with Crippen molar-refractivity contribution in [1.82, 2.24) is 4.98 Å². The molecule has 0 fully saturated rings. The van der Waals surface area contributed by atoms with Crippen LogP contribution in [0.4, 0.5) is 5.69 Å². The van der Waals surface area contributed by atoms with Crippen LogP contribution in [0.15, 0.2) is 133 Å². The fourth-order valence-corrected chi connectivity index (χ4v) is 6.14. The minimum Gasteiger partial charge on any atom is -0.247 e. The van der Waals surface area contributed by atoms with Crippen molar-refractivity contribution in [1.29, 1.82) is 0 Å². The van der Waals surface area contributed by atoms with E-state index in [1.807, 2.05) is 24.3 Å². The minimum atomic E-state index is 0.657. The Kier molecular flexibility index (Phi) is 4.92. The summed E-state index contributed by atoms with van der Waals surface area (Å²) in [7, 11) is 0. The smallest absolute Gasteiger partial charge is 0.187 e. The van der Waals surface area contributed by atoms with Gasteiger partial charge in [0.15, 0.2) is 5.69 Å². The highest BCUT2D eigenvalue weighted by molar-refractivity contribution is 6.33. The van der Waals surface area contributed by atoms with Gasteiger partial charge in [-0.1, -0.05) is 115 Å². The quantitative estimate of drug-likeness (QED) is 0.168. The van der Waals surface area contributed by atoms with Gasteiger partial charge >= 0.3 is 0 Å². The van der Waals surface area contributed by atoms with Crippen molar-refractivity contribution in [2.75, 3.05) is 0 Å². The van der Waals surface area contributed by atoms with Gasteiger partial charge in [0, 0.05) is 21.7 Å². The second kappa shape index (κ2) is 8.76. The van der Waals surface area contributed by atoms with E-state index in [1.54, 1.807) is 0 Å². The van der Waals surface area contributed by atoms with Gasteiger partial charge in [0.1, 0.15) is 0 Å². The minimum absolute atomic E-state index is 0.657. The fraction of sp³-hybridized carbons (Fsp3) is 0. The molecule has 184 valence electrons. The van der Waals surface area contributed by atoms with Crippen molar-refractivity contribution in [2.24, 2.45) is 0 Å².